The second-order valence-electron chi connectivity index (χ2n) is 7.84. The largest absolute Gasteiger partial charge is 0.494 e. The van der Waals surface area contributed by atoms with Gasteiger partial charge in [0.2, 0.25) is 14.9 Å². The lowest BCUT2D eigenvalue weighted by Gasteiger charge is -2.19. The molecular formula is C21H25N3O3S. The van der Waals surface area contributed by atoms with Crippen LogP contribution in [0.25, 0.3) is 5.69 Å². The van der Waals surface area contributed by atoms with Crippen molar-refractivity contribution in [3.05, 3.63) is 59.3 Å². The number of rotatable bonds is 4. The van der Waals surface area contributed by atoms with Crippen molar-refractivity contribution in [2.45, 2.75) is 50.0 Å². The summed E-state index contributed by atoms with van der Waals surface area (Å²) in [6.07, 6.45) is 0. The second kappa shape index (κ2) is 7.05. The van der Waals surface area contributed by atoms with Gasteiger partial charge in [0, 0.05) is 0 Å². The van der Waals surface area contributed by atoms with Gasteiger partial charge < -0.3 is 4.74 Å². The van der Waals surface area contributed by atoms with Crippen molar-refractivity contribution in [3.63, 3.8) is 0 Å². The van der Waals surface area contributed by atoms with Crippen LogP contribution >= 0.6 is 0 Å². The Balaban J connectivity index is 2.07. The number of aromatic nitrogens is 3. The van der Waals surface area contributed by atoms with Crippen LogP contribution in [0.5, 0.6) is 5.75 Å². The number of hydrogen-bond acceptors (Lipinski definition) is 5. The first-order valence-corrected chi connectivity index (χ1v) is 10.5. The minimum absolute atomic E-state index is 0.0525. The number of aryl methyl sites for hydroxylation is 1. The van der Waals surface area contributed by atoms with E-state index in [1.165, 1.54) is 4.68 Å². The summed E-state index contributed by atoms with van der Waals surface area (Å²) in [7, 11) is -2.22. The monoisotopic (exact) mass is 399 g/mol. The van der Waals surface area contributed by atoms with Crippen molar-refractivity contribution in [3.8, 4) is 11.4 Å². The highest BCUT2D eigenvalue weighted by molar-refractivity contribution is 7.91. The lowest BCUT2D eigenvalue weighted by atomic mass is 9.87. The Kier molecular flexibility index (Phi) is 5.06. The highest BCUT2D eigenvalue weighted by Gasteiger charge is 2.27. The molecule has 7 heteroatoms. The van der Waals surface area contributed by atoms with E-state index in [-0.39, 0.29) is 15.3 Å². The third-order valence-corrected chi connectivity index (χ3v) is 6.48. The topological polar surface area (TPSA) is 74.1 Å². The second-order valence-corrected chi connectivity index (χ2v) is 9.71. The smallest absolute Gasteiger partial charge is 0.227 e. The SMILES string of the molecule is COc1ccc(C)cc1-n1nnc(S(=O)(=O)c2ccc(C(C)(C)C)cc2)c1C. The summed E-state index contributed by atoms with van der Waals surface area (Å²) in [5.41, 5.74) is 3.10. The molecule has 0 aliphatic heterocycles. The van der Waals surface area contributed by atoms with Crippen LogP contribution in [0.15, 0.2) is 52.4 Å². The predicted molar refractivity (Wildman–Crippen MR) is 108 cm³/mol. The first-order valence-electron chi connectivity index (χ1n) is 8.98. The lowest BCUT2D eigenvalue weighted by Crippen LogP contribution is -2.12. The summed E-state index contributed by atoms with van der Waals surface area (Å²) in [5.74, 6) is 0.595. The van der Waals surface area contributed by atoms with Crippen molar-refractivity contribution < 1.29 is 13.2 Å². The summed E-state index contributed by atoms with van der Waals surface area (Å²) in [4.78, 5) is 0.201. The minimum Gasteiger partial charge on any atom is -0.494 e. The fourth-order valence-electron chi connectivity index (χ4n) is 3.00. The third kappa shape index (κ3) is 3.54. The summed E-state index contributed by atoms with van der Waals surface area (Å²) in [6.45, 7) is 9.90. The first-order chi connectivity index (χ1) is 13.1. The highest BCUT2D eigenvalue weighted by atomic mass is 32.2. The van der Waals surface area contributed by atoms with Gasteiger partial charge in [-0.3, -0.25) is 0 Å². The molecule has 0 amide bonds. The van der Waals surface area contributed by atoms with Gasteiger partial charge in [-0.2, -0.15) is 0 Å². The van der Waals surface area contributed by atoms with E-state index in [9.17, 15) is 8.42 Å². The Morgan fingerprint density at radius 3 is 2.21 bits per heavy atom. The predicted octanol–water partition coefficient (Wildman–Crippen LogP) is 4.02. The van der Waals surface area contributed by atoms with Gasteiger partial charge in [-0.05, 0) is 54.7 Å². The molecule has 0 fully saturated rings. The zero-order valence-corrected chi connectivity index (χ0v) is 17.8. The summed E-state index contributed by atoms with van der Waals surface area (Å²) in [6, 6.07) is 12.6. The molecule has 0 atom stereocenters. The molecule has 3 rings (SSSR count). The minimum atomic E-state index is -3.78. The first kappa shape index (κ1) is 20.1. The van der Waals surface area contributed by atoms with Crippen LogP contribution in [-0.4, -0.2) is 30.5 Å². The van der Waals surface area contributed by atoms with Crippen molar-refractivity contribution in [1.29, 1.82) is 0 Å². The van der Waals surface area contributed by atoms with E-state index in [1.807, 2.05) is 37.3 Å². The van der Waals surface area contributed by atoms with Crippen LogP contribution in [0.2, 0.25) is 0 Å². The molecule has 0 radical (unpaired) electrons. The van der Waals surface area contributed by atoms with Crippen LogP contribution in [0.4, 0.5) is 0 Å². The van der Waals surface area contributed by atoms with Crippen LogP contribution in [0.1, 0.15) is 37.6 Å². The number of nitrogens with zero attached hydrogens (tertiary/aromatic N) is 3. The highest BCUT2D eigenvalue weighted by Crippen LogP contribution is 2.29. The van der Waals surface area contributed by atoms with E-state index in [2.05, 4.69) is 31.1 Å². The van der Waals surface area contributed by atoms with Gasteiger partial charge in [-0.25, -0.2) is 13.1 Å². The van der Waals surface area contributed by atoms with Crippen molar-refractivity contribution in [1.82, 2.24) is 15.0 Å². The maximum absolute atomic E-state index is 13.1. The summed E-state index contributed by atoms with van der Waals surface area (Å²) >= 11 is 0. The van der Waals surface area contributed by atoms with Gasteiger partial charge in [0.25, 0.3) is 0 Å². The summed E-state index contributed by atoms with van der Waals surface area (Å²) in [5, 5.41) is 8.02. The summed E-state index contributed by atoms with van der Waals surface area (Å²) < 4.78 is 33.2. The van der Waals surface area contributed by atoms with E-state index in [1.54, 1.807) is 26.2 Å². The van der Waals surface area contributed by atoms with Crippen molar-refractivity contribution in [2.75, 3.05) is 7.11 Å². The quantitative estimate of drug-likeness (QED) is 0.662. The molecule has 0 spiro atoms. The van der Waals surface area contributed by atoms with Gasteiger partial charge in [0.1, 0.15) is 11.4 Å². The molecule has 6 nitrogen and oxygen atoms in total. The molecule has 0 N–H and O–H groups in total. The molecule has 3 aromatic rings. The van der Waals surface area contributed by atoms with Crippen molar-refractivity contribution >= 4 is 9.84 Å². The number of methoxy groups -OCH3 is 1. The molecule has 0 unspecified atom stereocenters. The van der Waals surface area contributed by atoms with Gasteiger partial charge in [-0.1, -0.05) is 44.2 Å². The maximum Gasteiger partial charge on any atom is 0.227 e. The average molecular weight is 400 g/mol. The molecule has 2 aromatic carbocycles. The van der Waals surface area contributed by atoms with Crippen LogP contribution in [0.3, 0.4) is 0 Å². The van der Waals surface area contributed by atoms with E-state index in [4.69, 9.17) is 4.74 Å². The average Bonchev–Trinajstić information content (AvgIpc) is 3.03. The molecule has 1 aromatic heterocycles. The van der Waals surface area contributed by atoms with Crippen LogP contribution < -0.4 is 4.74 Å². The van der Waals surface area contributed by atoms with Gasteiger partial charge in [-0.15, -0.1) is 5.10 Å². The molecule has 28 heavy (non-hydrogen) atoms. The number of sulfone groups is 1. The molecule has 0 aliphatic carbocycles. The number of benzene rings is 2. The molecule has 0 saturated carbocycles. The van der Waals surface area contributed by atoms with Gasteiger partial charge in [0.05, 0.1) is 17.7 Å². The Bertz CT molecular complexity index is 1110. The molecule has 0 bridgehead atoms. The van der Waals surface area contributed by atoms with Gasteiger partial charge >= 0.3 is 0 Å². The van der Waals surface area contributed by atoms with Crippen molar-refractivity contribution in [2.24, 2.45) is 0 Å². The van der Waals surface area contributed by atoms with E-state index < -0.39 is 9.84 Å². The van der Waals surface area contributed by atoms with E-state index in [0.29, 0.717) is 17.1 Å². The van der Waals surface area contributed by atoms with Crippen LogP contribution in [-0.2, 0) is 15.3 Å². The normalized spacial score (nSPS) is 12.2. The number of ether oxygens (including phenoxy) is 1. The van der Waals surface area contributed by atoms with E-state index >= 15 is 0 Å². The Labute approximate surface area is 166 Å². The third-order valence-electron chi connectivity index (χ3n) is 4.70. The zero-order valence-electron chi connectivity index (χ0n) is 17.0. The fourth-order valence-corrected chi connectivity index (χ4v) is 4.34. The van der Waals surface area contributed by atoms with E-state index in [0.717, 1.165) is 11.1 Å². The lowest BCUT2D eigenvalue weighted by molar-refractivity contribution is 0.411. The number of hydrogen-bond donors (Lipinski definition) is 0. The Hall–Kier alpha value is -2.67. The molecule has 1 heterocycles. The Morgan fingerprint density at radius 2 is 1.64 bits per heavy atom. The molecule has 0 saturated heterocycles. The molecule has 148 valence electrons. The zero-order chi connectivity index (χ0) is 20.7. The van der Waals surface area contributed by atoms with Crippen LogP contribution in [0, 0.1) is 13.8 Å². The molecular weight excluding hydrogens is 374 g/mol. The fraction of sp³-hybridized carbons (Fsp3) is 0.333. The molecule has 0 aliphatic rings. The Morgan fingerprint density at radius 1 is 1.00 bits per heavy atom. The van der Waals surface area contributed by atoms with Gasteiger partial charge in [0.15, 0.2) is 0 Å². The standard InChI is InChI=1S/C21H25N3O3S/c1-14-7-12-19(27-6)18(13-14)24-15(2)20(22-23-24)28(25,26)17-10-8-16(9-11-17)21(3,4)5/h7-13H,1-6H3. The maximum atomic E-state index is 13.1.